The molecule has 0 radical (unpaired) electrons. The number of nitrogens with zero attached hydrogens (tertiary/aromatic N) is 3. The molecule has 0 fully saturated rings. The number of rotatable bonds is 6. The van der Waals surface area contributed by atoms with Crippen molar-refractivity contribution in [2.75, 3.05) is 37.4 Å². The third kappa shape index (κ3) is 4.42. The zero-order valence-corrected chi connectivity index (χ0v) is 14.1. The summed E-state index contributed by atoms with van der Waals surface area (Å²) < 4.78 is 0.782. The van der Waals surface area contributed by atoms with Crippen LogP contribution in [0.4, 0.5) is 11.5 Å². The van der Waals surface area contributed by atoms with Crippen LogP contribution in [-0.2, 0) is 0 Å². The van der Waals surface area contributed by atoms with Crippen LogP contribution in [0, 0.1) is 0 Å². The van der Waals surface area contributed by atoms with Crippen LogP contribution in [0.1, 0.15) is 10.4 Å². The number of anilines is 2. The molecule has 1 aromatic heterocycles. The smallest absolute Gasteiger partial charge is 0.252 e. The van der Waals surface area contributed by atoms with Gasteiger partial charge in [-0.1, -0.05) is 12.1 Å². The van der Waals surface area contributed by atoms with Crippen LogP contribution in [-0.4, -0.2) is 43.3 Å². The van der Waals surface area contributed by atoms with E-state index in [2.05, 4.69) is 36.8 Å². The Bertz CT molecular complexity index is 647. The SMILES string of the molecule is CN(C)c1cnnc(NCCNC(=O)c2ccccc2Br)c1. The van der Waals surface area contributed by atoms with Crippen LogP contribution in [0.5, 0.6) is 0 Å². The van der Waals surface area contributed by atoms with Gasteiger partial charge in [-0.3, -0.25) is 4.79 Å². The van der Waals surface area contributed by atoms with Crippen molar-refractivity contribution in [2.45, 2.75) is 0 Å². The summed E-state index contributed by atoms with van der Waals surface area (Å²) in [5.41, 5.74) is 1.59. The molecule has 0 aliphatic rings. The predicted octanol–water partition coefficient (Wildman–Crippen LogP) is 2.15. The summed E-state index contributed by atoms with van der Waals surface area (Å²) in [5, 5.41) is 13.9. The Hall–Kier alpha value is -2.15. The average Bonchev–Trinajstić information content (AvgIpc) is 2.52. The minimum atomic E-state index is -0.109. The van der Waals surface area contributed by atoms with Crippen LogP contribution in [0.3, 0.4) is 0 Å². The molecule has 0 spiro atoms. The highest BCUT2D eigenvalue weighted by atomic mass is 79.9. The van der Waals surface area contributed by atoms with Crippen molar-refractivity contribution < 1.29 is 4.79 Å². The van der Waals surface area contributed by atoms with Gasteiger partial charge < -0.3 is 15.5 Å². The molecule has 0 saturated carbocycles. The molecule has 2 rings (SSSR count). The molecule has 0 unspecified atom stereocenters. The summed E-state index contributed by atoms with van der Waals surface area (Å²) in [5.74, 6) is 0.573. The molecule has 6 nitrogen and oxygen atoms in total. The molecule has 2 N–H and O–H groups in total. The summed E-state index contributed by atoms with van der Waals surface area (Å²) in [4.78, 5) is 14.0. The Morgan fingerprint density at radius 1 is 1.27 bits per heavy atom. The highest BCUT2D eigenvalue weighted by Gasteiger charge is 2.08. The fraction of sp³-hybridized carbons (Fsp3) is 0.267. The molecule has 0 aliphatic carbocycles. The molecule has 1 aromatic carbocycles. The number of aromatic nitrogens is 2. The van der Waals surface area contributed by atoms with E-state index >= 15 is 0 Å². The van der Waals surface area contributed by atoms with Crippen molar-refractivity contribution in [1.29, 1.82) is 0 Å². The van der Waals surface area contributed by atoms with Gasteiger partial charge in [0, 0.05) is 37.7 Å². The Balaban J connectivity index is 1.81. The van der Waals surface area contributed by atoms with E-state index in [0.717, 1.165) is 10.2 Å². The first-order valence-corrected chi connectivity index (χ1v) is 7.64. The fourth-order valence-electron chi connectivity index (χ4n) is 1.79. The third-order valence-electron chi connectivity index (χ3n) is 2.99. The number of nitrogens with one attached hydrogen (secondary N) is 2. The van der Waals surface area contributed by atoms with E-state index < -0.39 is 0 Å². The highest BCUT2D eigenvalue weighted by Crippen LogP contribution is 2.15. The first-order chi connectivity index (χ1) is 10.6. The van der Waals surface area contributed by atoms with Crippen molar-refractivity contribution in [2.24, 2.45) is 0 Å². The normalized spacial score (nSPS) is 10.1. The fourth-order valence-corrected chi connectivity index (χ4v) is 2.26. The first kappa shape index (κ1) is 16.2. The van der Waals surface area contributed by atoms with Crippen LogP contribution >= 0.6 is 15.9 Å². The number of carbonyl (C=O) groups is 1. The van der Waals surface area contributed by atoms with Crippen LogP contribution in [0.2, 0.25) is 0 Å². The second kappa shape index (κ2) is 7.74. The summed E-state index contributed by atoms with van der Waals surface area (Å²) in [6.45, 7) is 1.07. The summed E-state index contributed by atoms with van der Waals surface area (Å²) in [6.07, 6.45) is 1.69. The van der Waals surface area contributed by atoms with Crippen molar-refractivity contribution in [1.82, 2.24) is 15.5 Å². The lowest BCUT2D eigenvalue weighted by Crippen LogP contribution is -2.29. The van der Waals surface area contributed by atoms with Crippen LogP contribution in [0.25, 0.3) is 0 Å². The summed E-state index contributed by atoms with van der Waals surface area (Å²) in [6, 6.07) is 9.23. The number of benzene rings is 1. The monoisotopic (exact) mass is 363 g/mol. The molecule has 1 amide bonds. The zero-order valence-electron chi connectivity index (χ0n) is 12.5. The maximum absolute atomic E-state index is 12.0. The van der Waals surface area contributed by atoms with Gasteiger partial charge in [-0.15, -0.1) is 5.10 Å². The maximum Gasteiger partial charge on any atom is 0.252 e. The quantitative estimate of drug-likeness (QED) is 0.769. The molecular weight excluding hydrogens is 346 g/mol. The van der Waals surface area contributed by atoms with Gasteiger partial charge in [-0.25, -0.2) is 0 Å². The molecule has 116 valence electrons. The van der Waals surface area contributed by atoms with E-state index in [1.165, 1.54) is 0 Å². The number of carbonyl (C=O) groups excluding carboxylic acids is 1. The van der Waals surface area contributed by atoms with Gasteiger partial charge >= 0.3 is 0 Å². The topological polar surface area (TPSA) is 70.2 Å². The zero-order chi connectivity index (χ0) is 15.9. The summed E-state index contributed by atoms with van der Waals surface area (Å²) >= 11 is 3.36. The molecule has 0 bridgehead atoms. The van der Waals surface area contributed by atoms with Crippen molar-refractivity contribution in [3.05, 3.63) is 46.6 Å². The minimum Gasteiger partial charge on any atom is -0.376 e. The third-order valence-corrected chi connectivity index (χ3v) is 3.68. The average molecular weight is 364 g/mol. The molecule has 0 aliphatic heterocycles. The lowest BCUT2D eigenvalue weighted by molar-refractivity contribution is 0.0954. The van der Waals surface area contributed by atoms with Crippen molar-refractivity contribution >= 4 is 33.3 Å². The molecule has 0 atom stereocenters. The van der Waals surface area contributed by atoms with Gasteiger partial charge in [-0.05, 0) is 28.1 Å². The molecule has 1 heterocycles. The van der Waals surface area contributed by atoms with Gasteiger partial charge in [-0.2, -0.15) is 5.10 Å². The standard InChI is InChI=1S/C15H18BrN5O/c1-21(2)11-9-14(20-19-10-11)17-7-8-18-15(22)12-5-3-4-6-13(12)16/h3-6,9-10H,7-8H2,1-2H3,(H,17,20)(H,18,22). The highest BCUT2D eigenvalue weighted by molar-refractivity contribution is 9.10. The van der Waals surface area contributed by atoms with Crippen LogP contribution < -0.4 is 15.5 Å². The van der Waals surface area contributed by atoms with Gasteiger partial charge in [0.2, 0.25) is 0 Å². The van der Waals surface area contributed by atoms with Gasteiger partial charge in [0.25, 0.3) is 5.91 Å². The number of halogens is 1. The lowest BCUT2D eigenvalue weighted by atomic mass is 10.2. The van der Waals surface area contributed by atoms with Gasteiger partial charge in [0.05, 0.1) is 17.4 Å². The van der Waals surface area contributed by atoms with E-state index in [0.29, 0.717) is 24.5 Å². The molecule has 7 heteroatoms. The van der Waals surface area contributed by atoms with Gasteiger partial charge in [0.15, 0.2) is 5.82 Å². The predicted molar refractivity (Wildman–Crippen MR) is 91.3 cm³/mol. The van der Waals surface area contributed by atoms with E-state index in [1.807, 2.05) is 43.3 Å². The Kier molecular flexibility index (Phi) is 5.71. The summed E-state index contributed by atoms with van der Waals surface area (Å²) in [7, 11) is 3.89. The molecule has 2 aromatic rings. The largest absolute Gasteiger partial charge is 0.376 e. The molecule has 22 heavy (non-hydrogen) atoms. The first-order valence-electron chi connectivity index (χ1n) is 6.84. The second-order valence-corrected chi connectivity index (χ2v) is 5.71. The Morgan fingerprint density at radius 2 is 2.05 bits per heavy atom. The number of hydrogen-bond donors (Lipinski definition) is 2. The Morgan fingerprint density at radius 3 is 2.77 bits per heavy atom. The molecular formula is C15H18BrN5O. The van der Waals surface area contributed by atoms with E-state index in [1.54, 1.807) is 12.3 Å². The van der Waals surface area contributed by atoms with E-state index in [-0.39, 0.29) is 5.91 Å². The van der Waals surface area contributed by atoms with Gasteiger partial charge in [0.1, 0.15) is 0 Å². The number of hydrogen-bond acceptors (Lipinski definition) is 5. The molecule has 0 saturated heterocycles. The van der Waals surface area contributed by atoms with E-state index in [4.69, 9.17) is 0 Å². The van der Waals surface area contributed by atoms with E-state index in [9.17, 15) is 4.79 Å². The van der Waals surface area contributed by atoms with Crippen molar-refractivity contribution in [3.8, 4) is 0 Å². The maximum atomic E-state index is 12.0. The minimum absolute atomic E-state index is 0.109. The lowest BCUT2D eigenvalue weighted by Gasteiger charge is -2.13. The second-order valence-electron chi connectivity index (χ2n) is 4.86. The number of amides is 1. The van der Waals surface area contributed by atoms with Crippen molar-refractivity contribution in [3.63, 3.8) is 0 Å². The Labute approximate surface area is 138 Å². The van der Waals surface area contributed by atoms with Crippen LogP contribution in [0.15, 0.2) is 41.0 Å².